The molecule has 0 saturated carbocycles. The first-order chi connectivity index (χ1) is 17.5. The van der Waals surface area contributed by atoms with Crippen molar-refractivity contribution in [2.24, 2.45) is 5.92 Å². The number of thiophene rings is 1. The number of amides is 1. The van der Waals surface area contributed by atoms with Crippen LogP contribution in [-0.2, 0) is 17.8 Å². The highest BCUT2D eigenvalue weighted by Crippen LogP contribution is 2.26. The summed E-state index contributed by atoms with van der Waals surface area (Å²) in [6, 6.07) is 17.2. The highest BCUT2D eigenvalue weighted by atomic mass is 32.1. The minimum Gasteiger partial charge on any atom is -0.475 e. The number of hydrogen-bond acceptors (Lipinski definition) is 4. The molecule has 1 aliphatic rings. The summed E-state index contributed by atoms with van der Waals surface area (Å²) in [7, 11) is 0. The minimum absolute atomic E-state index is 0.0451. The zero-order valence-electron chi connectivity index (χ0n) is 20.2. The molecule has 1 aromatic heterocycles. The molecule has 0 bridgehead atoms. The molecule has 37 heavy (non-hydrogen) atoms. The molecular formula is C27H28F4N2O3S. The number of aliphatic carboxylic acids is 1. The molecule has 0 spiro atoms. The number of likely N-dealkylation sites (tertiary alicyclic amines) is 1. The van der Waals surface area contributed by atoms with Gasteiger partial charge in [-0.2, -0.15) is 13.2 Å². The summed E-state index contributed by atoms with van der Waals surface area (Å²) in [5.41, 5.74) is 4.39. The molecule has 0 aliphatic carbocycles. The topological polar surface area (TPSA) is 69.6 Å². The lowest BCUT2D eigenvalue weighted by Gasteiger charge is -2.16. The summed E-state index contributed by atoms with van der Waals surface area (Å²) in [6.45, 7) is 5.91. The number of hydrogen-bond donors (Lipinski definition) is 2. The van der Waals surface area contributed by atoms with Crippen molar-refractivity contribution in [2.75, 3.05) is 19.6 Å². The van der Waals surface area contributed by atoms with Crippen LogP contribution in [-0.4, -0.2) is 47.7 Å². The van der Waals surface area contributed by atoms with Gasteiger partial charge in [-0.3, -0.25) is 9.69 Å². The molecule has 10 heteroatoms. The van der Waals surface area contributed by atoms with E-state index in [9.17, 15) is 22.4 Å². The molecular weight excluding hydrogens is 508 g/mol. The van der Waals surface area contributed by atoms with Crippen molar-refractivity contribution in [1.29, 1.82) is 0 Å². The Morgan fingerprint density at radius 3 is 2.38 bits per heavy atom. The Morgan fingerprint density at radius 1 is 1.08 bits per heavy atom. The molecule has 1 saturated heterocycles. The van der Waals surface area contributed by atoms with Crippen molar-refractivity contribution in [2.45, 2.75) is 32.5 Å². The van der Waals surface area contributed by atoms with Crippen LogP contribution >= 0.6 is 11.3 Å². The van der Waals surface area contributed by atoms with E-state index in [2.05, 4.69) is 41.4 Å². The average molecular weight is 537 g/mol. The Balaban J connectivity index is 0.000000479. The van der Waals surface area contributed by atoms with Gasteiger partial charge in [0.15, 0.2) is 0 Å². The van der Waals surface area contributed by atoms with Crippen LogP contribution < -0.4 is 5.32 Å². The Kier molecular flexibility index (Phi) is 9.82. The number of carboxylic acid groups (broad SMARTS) is 1. The van der Waals surface area contributed by atoms with E-state index < -0.39 is 12.1 Å². The van der Waals surface area contributed by atoms with Crippen LogP contribution in [0.25, 0.3) is 11.1 Å². The van der Waals surface area contributed by atoms with Gasteiger partial charge in [-0.15, -0.1) is 11.3 Å². The standard InChI is InChI=1S/C25H27FN2OS.C2HF3O2/c1-2-18-6-8-19(9-7-18)15-28-11-10-20(16-28)14-27-25(29)24-13-22(17-30-24)21-4-3-5-23(26)12-21;3-2(4,5)1(6)7/h3-9,12-13,17,20H,2,10-11,14-16H2,1H3,(H,27,29);(H,6,7). The fourth-order valence-corrected chi connectivity index (χ4v) is 4.79. The number of alkyl halides is 3. The zero-order valence-corrected chi connectivity index (χ0v) is 21.0. The molecule has 1 atom stereocenters. The van der Waals surface area contributed by atoms with Gasteiger partial charge in [-0.05, 0) is 71.1 Å². The number of halogens is 4. The van der Waals surface area contributed by atoms with Crippen LogP contribution in [0.5, 0.6) is 0 Å². The summed E-state index contributed by atoms with van der Waals surface area (Å²) in [5, 5.41) is 12.1. The van der Waals surface area contributed by atoms with E-state index >= 15 is 0 Å². The number of carbonyl (C=O) groups excluding carboxylic acids is 1. The predicted molar refractivity (Wildman–Crippen MR) is 135 cm³/mol. The van der Waals surface area contributed by atoms with E-state index in [-0.39, 0.29) is 11.7 Å². The van der Waals surface area contributed by atoms with Crippen molar-refractivity contribution in [3.05, 3.63) is 81.8 Å². The quantitative estimate of drug-likeness (QED) is 0.364. The van der Waals surface area contributed by atoms with Crippen molar-refractivity contribution in [3.8, 4) is 11.1 Å². The third kappa shape index (κ3) is 8.68. The number of carbonyl (C=O) groups is 2. The first-order valence-corrected chi connectivity index (χ1v) is 12.7. The lowest BCUT2D eigenvalue weighted by atomic mass is 10.1. The van der Waals surface area contributed by atoms with Crippen LogP contribution in [0.4, 0.5) is 17.6 Å². The summed E-state index contributed by atoms with van der Waals surface area (Å²) >= 11 is 1.40. The SMILES string of the molecule is CCc1ccc(CN2CCC(CNC(=O)c3cc(-c4cccc(F)c4)cs3)C2)cc1.O=C(O)C(F)(F)F. The Morgan fingerprint density at radius 2 is 1.76 bits per heavy atom. The number of nitrogens with zero attached hydrogens (tertiary/aromatic N) is 1. The van der Waals surface area contributed by atoms with E-state index in [0.29, 0.717) is 17.3 Å². The van der Waals surface area contributed by atoms with E-state index in [1.54, 1.807) is 6.07 Å². The Bertz CT molecular complexity index is 1190. The van der Waals surface area contributed by atoms with Crippen molar-refractivity contribution >= 4 is 23.2 Å². The fraction of sp³-hybridized carbons (Fsp3) is 0.333. The van der Waals surface area contributed by atoms with Crippen molar-refractivity contribution < 1.29 is 32.3 Å². The van der Waals surface area contributed by atoms with Gasteiger partial charge in [0.05, 0.1) is 4.88 Å². The summed E-state index contributed by atoms with van der Waals surface area (Å²) in [4.78, 5) is 24.6. The van der Waals surface area contributed by atoms with Gasteiger partial charge in [-0.1, -0.05) is 43.3 Å². The average Bonchev–Trinajstić information content (AvgIpc) is 3.53. The molecule has 1 unspecified atom stereocenters. The normalized spacial score (nSPS) is 15.6. The molecule has 198 valence electrons. The van der Waals surface area contributed by atoms with Crippen molar-refractivity contribution in [1.82, 2.24) is 10.2 Å². The zero-order chi connectivity index (χ0) is 27.0. The summed E-state index contributed by atoms with van der Waals surface area (Å²) < 4.78 is 45.2. The van der Waals surface area contributed by atoms with Gasteiger partial charge in [-0.25, -0.2) is 9.18 Å². The molecule has 1 aliphatic heterocycles. The number of benzene rings is 2. The van der Waals surface area contributed by atoms with Crippen LogP contribution in [0.2, 0.25) is 0 Å². The molecule has 0 radical (unpaired) electrons. The molecule has 5 nitrogen and oxygen atoms in total. The van der Waals surface area contributed by atoms with Crippen LogP contribution in [0.15, 0.2) is 60.0 Å². The van der Waals surface area contributed by atoms with Gasteiger partial charge < -0.3 is 10.4 Å². The molecule has 1 fully saturated rings. The van der Waals surface area contributed by atoms with Gasteiger partial charge in [0.2, 0.25) is 0 Å². The minimum atomic E-state index is -5.08. The van der Waals surface area contributed by atoms with Gasteiger partial charge >= 0.3 is 12.1 Å². The highest BCUT2D eigenvalue weighted by Gasteiger charge is 2.38. The van der Waals surface area contributed by atoms with Crippen LogP contribution in [0.1, 0.15) is 34.1 Å². The van der Waals surface area contributed by atoms with Gasteiger partial charge in [0.25, 0.3) is 5.91 Å². The molecule has 3 aromatic rings. The monoisotopic (exact) mass is 536 g/mol. The maximum absolute atomic E-state index is 13.4. The largest absolute Gasteiger partial charge is 0.490 e. The first kappa shape index (κ1) is 28.3. The van der Waals surface area contributed by atoms with Crippen molar-refractivity contribution in [3.63, 3.8) is 0 Å². The number of nitrogens with one attached hydrogen (secondary N) is 1. The second-order valence-corrected chi connectivity index (χ2v) is 9.69. The van der Waals surface area contributed by atoms with E-state index in [0.717, 1.165) is 43.6 Å². The van der Waals surface area contributed by atoms with Crippen LogP contribution in [0.3, 0.4) is 0 Å². The fourth-order valence-electron chi connectivity index (χ4n) is 3.96. The second kappa shape index (κ2) is 12.8. The molecule has 2 N–H and O–H groups in total. The molecule has 4 rings (SSSR count). The molecule has 2 aromatic carbocycles. The summed E-state index contributed by atoms with van der Waals surface area (Å²) in [6.07, 6.45) is -2.91. The van der Waals surface area contributed by atoms with E-state index in [1.807, 2.05) is 17.5 Å². The number of aryl methyl sites for hydroxylation is 1. The maximum Gasteiger partial charge on any atom is 0.490 e. The van der Waals surface area contributed by atoms with Gasteiger partial charge in [0.1, 0.15) is 5.82 Å². The lowest BCUT2D eigenvalue weighted by molar-refractivity contribution is -0.192. The number of rotatable bonds is 7. The van der Waals surface area contributed by atoms with Crippen LogP contribution in [0, 0.1) is 11.7 Å². The Labute approximate surface area is 216 Å². The maximum atomic E-state index is 13.4. The molecule has 2 heterocycles. The lowest BCUT2D eigenvalue weighted by Crippen LogP contribution is -2.30. The number of carboxylic acids is 1. The van der Waals surface area contributed by atoms with E-state index in [4.69, 9.17) is 9.90 Å². The highest BCUT2D eigenvalue weighted by molar-refractivity contribution is 7.12. The van der Waals surface area contributed by atoms with Gasteiger partial charge in [0, 0.05) is 19.6 Å². The molecule has 1 amide bonds. The first-order valence-electron chi connectivity index (χ1n) is 11.8. The third-order valence-corrected chi connectivity index (χ3v) is 6.91. The van der Waals surface area contributed by atoms with E-state index in [1.165, 1.54) is 34.6 Å². The summed E-state index contributed by atoms with van der Waals surface area (Å²) in [5.74, 6) is -2.59. The second-order valence-electron chi connectivity index (χ2n) is 8.78. The third-order valence-electron chi connectivity index (χ3n) is 5.98. The smallest absolute Gasteiger partial charge is 0.475 e. The Hall–Kier alpha value is -3.24. The predicted octanol–water partition coefficient (Wildman–Crippen LogP) is 6.00.